The van der Waals surface area contributed by atoms with Gasteiger partial charge in [0.25, 0.3) is 0 Å². The molecule has 0 aliphatic carbocycles. The van der Waals surface area contributed by atoms with Crippen molar-refractivity contribution in [3.63, 3.8) is 0 Å². The lowest BCUT2D eigenvalue weighted by atomic mass is 10.0. The predicted molar refractivity (Wildman–Crippen MR) is 71.0 cm³/mol. The molecule has 2 rings (SSSR count). The molecule has 0 N–H and O–H groups in total. The van der Waals surface area contributed by atoms with Gasteiger partial charge < -0.3 is 0 Å². The minimum atomic E-state index is -0.474. The van der Waals surface area contributed by atoms with Crippen LogP contribution >= 0.6 is 23.2 Å². The number of carbonyl (C=O) groups is 1. The summed E-state index contributed by atoms with van der Waals surface area (Å²) in [6, 6.07) is 8.70. The molecule has 0 spiro atoms. The smallest absolute Gasteiger partial charge is 0.194 e. The molecular weight excluding hydrogens is 274 g/mol. The van der Waals surface area contributed by atoms with Gasteiger partial charge in [-0.3, -0.25) is 4.79 Å². The van der Waals surface area contributed by atoms with Gasteiger partial charge in [0.05, 0.1) is 5.02 Å². The second-order valence-corrected chi connectivity index (χ2v) is 4.73. The van der Waals surface area contributed by atoms with Gasteiger partial charge in [-0.05, 0) is 36.8 Å². The summed E-state index contributed by atoms with van der Waals surface area (Å²) >= 11 is 11.8. The van der Waals surface area contributed by atoms with Gasteiger partial charge in [-0.1, -0.05) is 35.3 Å². The monoisotopic (exact) mass is 282 g/mol. The van der Waals surface area contributed by atoms with Crippen LogP contribution in [0.25, 0.3) is 0 Å². The quantitative estimate of drug-likeness (QED) is 0.732. The first-order valence-corrected chi connectivity index (χ1v) is 6.00. The fourth-order valence-electron chi connectivity index (χ4n) is 1.56. The summed E-state index contributed by atoms with van der Waals surface area (Å²) in [4.78, 5) is 12.2. The molecule has 18 heavy (non-hydrogen) atoms. The maximum atomic E-state index is 12.9. The Morgan fingerprint density at radius 2 is 1.78 bits per heavy atom. The van der Waals surface area contributed by atoms with Crippen LogP contribution in [0, 0.1) is 12.7 Å². The van der Waals surface area contributed by atoms with Crippen LogP contribution in [0.15, 0.2) is 36.4 Å². The van der Waals surface area contributed by atoms with Gasteiger partial charge in [-0.25, -0.2) is 4.39 Å². The maximum absolute atomic E-state index is 12.9. The molecule has 2 aromatic carbocycles. The molecule has 0 aliphatic rings. The van der Waals surface area contributed by atoms with E-state index in [0.29, 0.717) is 10.6 Å². The fourth-order valence-corrected chi connectivity index (χ4v) is 2.00. The average Bonchev–Trinajstić information content (AvgIpc) is 2.32. The summed E-state index contributed by atoms with van der Waals surface area (Å²) < 4.78 is 12.9. The SMILES string of the molecule is Cc1ccc(C(=O)c2ccc(F)cc2Cl)cc1Cl. The van der Waals surface area contributed by atoms with Crippen molar-refractivity contribution in [3.05, 3.63) is 69.0 Å². The Hall–Kier alpha value is -1.38. The number of aryl methyl sites for hydroxylation is 1. The van der Waals surface area contributed by atoms with Crippen molar-refractivity contribution in [2.75, 3.05) is 0 Å². The Kier molecular flexibility index (Phi) is 3.69. The highest BCUT2D eigenvalue weighted by molar-refractivity contribution is 6.35. The van der Waals surface area contributed by atoms with Crippen LogP contribution in [0.1, 0.15) is 21.5 Å². The number of benzene rings is 2. The Labute approximate surface area is 114 Å². The van der Waals surface area contributed by atoms with Crippen molar-refractivity contribution < 1.29 is 9.18 Å². The number of hydrogen-bond acceptors (Lipinski definition) is 1. The summed E-state index contributed by atoms with van der Waals surface area (Å²) in [5.74, 6) is -0.750. The van der Waals surface area contributed by atoms with Crippen molar-refractivity contribution in [1.82, 2.24) is 0 Å². The number of rotatable bonds is 2. The molecule has 0 amide bonds. The third-order valence-electron chi connectivity index (χ3n) is 2.61. The van der Waals surface area contributed by atoms with Crippen LogP contribution in [0.2, 0.25) is 10.0 Å². The van der Waals surface area contributed by atoms with Gasteiger partial charge in [0.2, 0.25) is 0 Å². The molecular formula is C14H9Cl2FO. The summed E-state index contributed by atoms with van der Waals surface area (Å²) in [6.07, 6.45) is 0. The zero-order chi connectivity index (χ0) is 13.3. The molecule has 0 fully saturated rings. The van der Waals surface area contributed by atoms with Gasteiger partial charge in [0.1, 0.15) is 5.82 Å². The highest BCUT2D eigenvalue weighted by atomic mass is 35.5. The van der Waals surface area contributed by atoms with Gasteiger partial charge in [-0.15, -0.1) is 0 Å². The first-order chi connectivity index (χ1) is 8.49. The summed E-state index contributed by atoms with van der Waals surface area (Å²) in [5, 5.41) is 0.607. The van der Waals surface area contributed by atoms with E-state index in [1.165, 1.54) is 12.1 Å². The average molecular weight is 283 g/mol. The summed E-state index contributed by atoms with van der Waals surface area (Å²) in [7, 11) is 0. The molecule has 0 aromatic heterocycles. The second-order valence-electron chi connectivity index (χ2n) is 3.92. The van der Waals surface area contributed by atoms with Crippen LogP contribution in [-0.4, -0.2) is 5.78 Å². The largest absolute Gasteiger partial charge is 0.289 e. The van der Waals surface area contributed by atoms with Crippen molar-refractivity contribution in [2.24, 2.45) is 0 Å². The van der Waals surface area contributed by atoms with Crippen molar-refractivity contribution in [1.29, 1.82) is 0 Å². The van der Waals surface area contributed by atoms with E-state index < -0.39 is 5.82 Å². The molecule has 0 saturated carbocycles. The summed E-state index contributed by atoms with van der Waals surface area (Å²) in [6.45, 7) is 1.85. The lowest BCUT2D eigenvalue weighted by Crippen LogP contribution is -2.02. The molecule has 0 aliphatic heterocycles. The molecule has 0 saturated heterocycles. The van der Waals surface area contributed by atoms with E-state index in [-0.39, 0.29) is 16.4 Å². The van der Waals surface area contributed by atoms with Crippen molar-refractivity contribution in [2.45, 2.75) is 6.92 Å². The van der Waals surface area contributed by atoms with Crippen LogP contribution < -0.4 is 0 Å². The normalized spacial score (nSPS) is 10.4. The molecule has 0 unspecified atom stereocenters. The van der Waals surface area contributed by atoms with Gasteiger partial charge in [0, 0.05) is 16.1 Å². The first kappa shape index (κ1) is 13.1. The van der Waals surface area contributed by atoms with Gasteiger partial charge in [0.15, 0.2) is 5.78 Å². The fraction of sp³-hybridized carbons (Fsp3) is 0.0714. The van der Waals surface area contributed by atoms with E-state index in [1.807, 2.05) is 6.92 Å². The molecule has 0 radical (unpaired) electrons. The predicted octanol–water partition coefficient (Wildman–Crippen LogP) is 4.67. The zero-order valence-electron chi connectivity index (χ0n) is 9.51. The number of carbonyl (C=O) groups excluding carboxylic acids is 1. The lowest BCUT2D eigenvalue weighted by Gasteiger charge is -2.05. The van der Waals surface area contributed by atoms with E-state index >= 15 is 0 Å². The standard InChI is InChI=1S/C14H9Cl2FO/c1-8-2-3-9(6-12(8)15)14(18)11-5-4-10(17)7-13(11)16/h2-7H,1H3. The van der Waals surface area contributed by atoms with Crippen LogP contribution in [0.3, 0.4) is 0 Å². The third-order valence-corrected chi connectivity index (χ3v) is 3.33. The van der Waals surface area contributed by atoms with Gasteiger partial charge in [-0.2, -0.15) is 0 Å². The molecule has 1 nitrogen and oxygen atoms in total. The van der Waals surface area contributed by atoms with Crippen molar-refractivity contribution in [3.8, 4) is 0 Å². The zero-order valence-corrected chi connectivity index (χ0v) is 11.0. The van der Waals surface area contributed by atoms with E-state index in [4.69, 9.17) is 23.2 Å². The highest BCUT2D eigenvalue weighted by Gasteiger charge is 2.14. The van der Waals surface area contributed by atoms with E-state index in [2.05, 4.69) is 0 Å². The third kappa shape index (κ3) is 2.55. The van der Waals surface area contributed by atoms with E-state index in [9.17, 15) is 9.18 Å². The van der Waals surface area contributed by atoms with Gasteiger partial charge >= 0.3 is 0 Å². The van der Waals surface area contributed by atoms with E-state index in [0.717, 1.165) is 11.6 Å². The van der Waals surface area contributed by atoms with E-state index in [1.54, 1.807) is 18.2 Å². The maximum Gasteiger partial charge on any atom is 0.194 e. The number of ketones is 1. The molecule has 0 heterocycles. The first-order valence-electron chi connectivity index (χ1n) is 5.25. The second kappa shape index (κ2) is 5.09. The Morgan fingerprint density at radius 1 is 1.06 bits per heavy atom. The Morgan fingerprint density at radius 3 is 2.39 bits per heavy atom. The van der Waals surface area contributed by atoms with Crippen LogP contribution in [0.4, 0.5) is 4.39 Å². The molecule has 92 valence electrons. The molecule has 0 atom stereocenters. The Bertz CT molecular complexity index is 623. The highest BCUT2D eigenvalue weighted by Crippen LogP contribution is 2.23. The minimum absolute atomic E-state index is 0.0942. The van der Waals surface area contributed by atoms with Crippen molar-refractivity contribution >= 4 is 29.0 Å². The topological polar surface area (TPSA) is 17.1 Å². The number of halogens is 3. The van der Waals surface area contributed by atoms with Crippen LogP contribution in [0.5, 0.6) is 0 Å². The molecule has 4 heteroatoms. The lowest BCUT2D eigenvalue weighted by molar-refractivity contribution is 0.103. The summed E-state index contributed by atoms with van der Waals surface area (Å²) in [5.41, 5.74) is 1.58. The Balaban J connectivity index is 2.44. The number of hydrogen-bond donors (Lipinski definition) is 0. The minimum Gasteiger partial charge on any atom is -0.289 e. The van der Waals surface area contributed by atoms with Crippen LogP contribution in [-0.2, 0) is 0 Å². The molecule has 0 bridgehead atoms. The molecule has 2 aromatic rings.